The van der Waals surface area contributed by atoms with Gasteiger partial charge in [-0.3, -0.25) is 20.0 Å². The van der Waals surface area contributed by atoms with Gasteiger partial charge in [-0.1, -0.05) is 6.08 Å². The maximum Gasteiger partial charge on any atom is 0.138 e. The number of aromatic amines is 2. The van der Waals surface area contributed by atoms with Gasteiger partial charge in [-0.05, 0) is 110 Å². The number of pyridine rings is 2. The maximum absolute atomic E-state index is 14.9. The Morgan fingerprint density at radius 2 is 1.69 bits per heavy atom. The van der Waals surface area contributed by atoms with Crippen LogP contribution in [0.25, 0.3) is 50.6 Å². The number of H-pyrrole nitrogens is 2. The average Bonchev–Trinajstić information content (AvgIpc) is 3.65. The second-order valence-corrected chi connectivity index (χ2v) is 13.6. The summed E-state index contributed by atoms with van der Waals surface area (Å²) >= 11 is 0. The molecule has 0 spiro atoms. The van der Waals surface area contributed by atoms with Gasteiger partial charge < -0.3 is 19.4 Å². The monoisotopic (exact) mass is 643 g/mol. The van der Waals surface area contributed by atoms with Gasteiger partial charge in [0.15, 0.2) is 0 Å². The third-order valence-corrected chi connectivity index (χ3v) is 10.2. The highest BCUT2D eigenvalue weighted by Gasteiger charge is 2.71. The highest BCUT2D eigenvalue weighted by atomic mass is 19.1. The number of ether oxygens (including phenoxy) is 2. The van der Waals surface area contributed by atoms with E-state index >= 15 is 0 Å². The number of likely N-dealkylation sites (N-methyl/N-ethyl adjacent to an activating group) is 1. The number of likely N-dealkylation sites (tertiary alicyclic amines) is 1. The number of nitrogens with one attached hydrogen (secondary N) is 2. The Hall–Kier alpha value is -4.80. The maximum atomic E-state index is 14.9. The quantitative estimate of drug-likeness (QED) is 0.219. The molecule has 5 aromatic rings. The van der Waals surface area contributed by atoms with Crippen LogP contribution in [0.5, 0.6) is 11.5 Å². The lowest BCUT2D eigenvalue weighted by Gasteiger charge is -2.15. The molecule has 0 radical (unpaired) electrons. The number of aromatic nitrogens is 5. The van der Waals surface area contributed by atoms with Crippen LogP contribution in [-0.4, -0.2) is 88.4 Å². The van der Waals surface area contributed by atoms with E-state index in [1.54, 1.807) is 18.5 Å². The second kappa shape index (κ2) is 11.7. The number of rotatable bonds is 11. The summed E-state index contributed by atoms with van der Waals surface area (Å²) < 4.78 is 26.8. The fourth-order valence-corrected chi connectivity index (χ4v) is 7.65. The molecular formula is C38H38FN7O2. The number of fused-ring (bicyclic) bond motifs is 4. The van der Waals surface area contributed by atoms with Crippen LogP contribution >= 0.6 is 0 Å². The fraction of sp³-hybridized carbons (Fsp3) is 0.342. The molecule has 9 rings (SSSR count). The Morgan fingerprint density at radius 1 is 0.875 bits per heavy atom. The standard InChI is InChI=1S/C38H38FN7O2/c1-45(2)9-11-48-26-15-23(18-40-19-26)27-5-6-30-34(37-35-33(27)36(35)37)38(44-43-30)31-17-28-29(20-41-21-32(28)42-31)22-13-24(39)16-25(14-22)47-12-10-46-7-3-4-8-46/h5-6,13-21,33,35-36,42-43H,3-4,7-12H2,1-2H3/b27-5-,30-6+,37-34?/t33?,35-,36?/m1/s1. The van der Waals surface area contributed by atoms with Crippen molar-refractivity contribution in [3.8, 4) is 34.0 Å². The van der Waals surface area contributed by atoms with Crippen LogP contribution in [0.4, 0.5) is 4.39 Å². The fourth-order valence-electron chi connectivity index (χ4n) is 7.65. The molecule has 5 heterocycles. The van der Waals surface area contributed by atoms with E-state index in [9.17, 15) is 4.39 Å². The number of hydrogen-bond donors (Lipinski definition) is 2. The zero-order valence-corrected chi connectivity index (χ0v) is 27.2. The van der Waals surface area contributed by atoms with E-state index in [0.717, 1.165) is 76.3 Å². The van der Waals surface area contributed by atoms with Gasteiger partial charge in [0.25, 0.3) is 0 Å². The summed E-state index contributed by atoms with van der Waals surface area (Å²) in [4.78, 5) is 17.0. The van der Waals surface area contributed by atoms with Gasteiger partial charge in [-0.15, -0.1) is 0 Å². The van der Waals surface area contributed by atoms with E-state index in [0.29, 0.717) is 36.7 Å². The van der Waals surface area contributed by atoms with Crippen molar-refractivity contribution < 1.29 is 13.9 Å². The number of halogens is 1. The number of nitrogens with zero attached hydrogens (tertiary/aromatic N) is 5. The molecule has 3 atom stereocenters. The predicted molar refractivity (Wildman–Crippen MR) is 184 cm³/mol. The van der Waals surface area contributed by atoms with E-state index in [1.165, 1.54) is 35.3 Å². The number of benzene rings is 1. The molecule has 3 fully saturated rings. The van der Waals surface area contributed by atoms with Gasteiger partial charge in [0.2, 0.25) is 0 Å². The Labute approximate surface area is 277 Å². The van der Waals surface area contributed by atoms with Crippen molar-refractivity contribution in [2.24, 2.45) is 17.8 Å². The summed E-state index contributed by atoms with van der Waals surface area (Å²) in [6, 6.07) is 9.14. The first-order chi connectivity index (χ1) is 23.5. The molecule has 244 valence electrons. The molecule has 3 aliphatic carbocycles. The molecule has 2 saturated carbocycles. The van der Waals surface area contributed by atoms with Crippen molar-refractivity contribution >= 4 is 28.1 Å². The zero-order chi connectivity index (χ0) is 32.4. The Morgan fingerprint density at radius 3 is 2.54 bits per heavy atom. The molecule has 4 aromatic heterocycles. The second-order valence-electron chi connectivity index (χ2n) is 13.6. The van der Waals surface area contributed by atoms with Crippen molar-refractivity contribution in [1.82, 2.24) is 34.9 Å². The first-order valence-corrected chi connectivity index (χ1v) is 16.9. The summed E-state index contributed by atoms with van der Waals surface area (Å²) in [6.07, 6.45) is 14.2. The molecule has 10 heteroatoms. The normalized spacial score (nSPS) is 22.8. The third kappa shape index (κ3) is 5.29. The van der Waals surface area contributed by atoms with Crippen LogP contribution < -0.4 is 20.0 Å². The summed E-state index contributed by atoms with van der Waals surface area (Å²) in [5, 5.41) is 11.3. The van der Waals surface area contributed by atoms with Crippen molar-refractivity contribution in [3.05, 3.63) is 83.1 Å². The highest BCUT2D eigenvalue weighted by molar-refractivity contribution is 5.98. The van der Waals surface area contributed by atoms with Gasteiger partial charge in [-0.25, -0.2) is 4.39 Å². The van der Waals surface area contributed by atoms with Crippen molar-refractivity contribution in [1.29, 1.82) is 0 Å². The summed E-state index contributed by atoms with van der Waals surface area (Å²) in [5.41, 5.74) is 8.16. The lowest BCUT2D eigenvalue weighted by molar-refractivity contribution is 0.237. The predicted octanol–water partition coefficient (Wildman–Crippen LogP) is 4.47. The third-order valence-electron chi connectivity index (χ3n) is 10.2. The molecule has 9 nitrogen and oxygen atoms in total. The van der Waals surface area contributed by atoms with E-state index in [-0.39, 0.29) is 5.82 Å². The van der Waals surface area contributed by atoms with Crippen LogP contribution in [0.15, 0.2) is 61.2 Å². The molecule has 4 aliphatic rings. The Kier molecular flexibility index (Phi) is 7.16. The lowest BCUT2D eigenvalue weighted by Crippen LogP contribution is -2.27. The Balaban J connectivity index is 1.01. The van der Waals surface area contributed by atoms with Crippen molar-refractivity contribution in [3.63, 3.8) is 0 Å². The van der Waals surface area contributed by atoms with E-state index in [2.05, 4.69) is 54.1 Å². The number of hydrogen-bond acceptors (Lipinski definition) is 7. The minimum Gasteiger partial charge on any atom is -0.492 e. The molecule has 2 unspecified atom stereocenters. The topological polar surface area (TPSA) is 95.2 Å². The molecule has 1 aliphatic heterocycles. The summed E-state index contributed by atoms with van der Waals surface area (Å²) in [7, 11) is 4.08. The van der Waals surface area contributed by atoms with Gasteiger partial charge in [0.05, 0.1) is 29.0 Å². The molecule has 1 saturated heterocycles. The average molecular weight is 644 g/mol. The van der Waals surface area contributed by atoms with Crippen molar-refractivity contribution in [2.45, 2.75) is 12.8 Å². The zero-order valence-electron chi connectivity index (χ0n) is 27.2. The first kappa shape index (κ1) is 29.3. The summed E-state index contributed by atoms with van der Waals surface area (Å²) in [5.74, 6) is 2.54. The van der Waals surface area contributed by atoms with Crippen LogP contribution in [0, 0.1) is 23.6 Å². The van der Waals surface area contributed by atoms with Crippen LogP contribution in [0.3, 0.4) is 0 Å². The SMILES string of the molecule is CN(C)CCOc1cncc(/C2=C/C=c3/[nH]nc(-c4cc5c(-c6cc(F)cc(OCCN7CCCC7)c6)cncc5[nH]4)c3=C3C4C2[C@@H]34)c1. The van der Waals surface area contributed by atoms with Crippen LogP contribution in [0.1, 0.15) is 18.4 Å². The van der Waals surface area contributed by atoms with Crippen LogP contribution in [0.2, 0.25) is 0 Å². The molecule has 1 aromatic carbocycles. The van der Waals surface area contributed by atoms with E-state index < -0.39 is 0 Å². The molecule has 48 heavy (non-hydrogen) atoms. The Bertz CT molecular complexity index is 2180. The molecule has 0 amide bonds. The van der Waals surface area contributed by atoms with E-state index in [1.807, 2.05) is 32.6 Å². The first-order valence-electron chi connectivity index (χ1n) is 16.9. The van der Waals surface area contributed by atoms with Gasteiger partial charge in [0.1, 0.15) is 36.2 Å². The van der Waals surface area contributed by atoms with Crippen molar-refractivity contribution in [2.75, 3.05) is 53.5 Å². The molecule has 0 bridgehead atoms. The minimum absolute atomic E-state index is 0.327. The van der Waals surface area contributed by atoms with Gasteiger partial charge >= 0.3 is 0 Å². The number of allylic oxidation sites excluding steroid dienone is 2. The molecular weight excluding hydrogens is 605 g/mol. The summed E-state index contributed by atoms with van der Waals surface area (Å²) in [6.45, 7) is 5.08. The highest BCUT2D eigenvalue weighted by Crippen LogP contribution is 2.77. The smallest absolute Gasteiger partial charge is 0.138 e. The lowest BCUT2D eigenvalue weighted by atomic mass is 9.92. The molecule has 2 N–H and O–H groups in total. The van der Waals surface area contributed by atoms with E-state index in [4.69, 9.17) is 14.6 Å². The minimum atomic E-state index is -0.327. The van der Waals surface area contributed by atoms with Crippen LogP contribution in [-0.2, 0) is 0 Å². The van der Waals surface area contributed by atoms with Gasteiger partial charge in [-0.2, -0.15) is 5.10 Å². The van der Waals surface area contributed by atoms with Gasteiger partial charge in [0, 0.05) is 47.7 Å². The largest absolute Gasteiger partial charge is 0.492 e.